The third kappa shape index (κ3) is 6.74. The van der Waals surface area contributed by atoms with Crippen LogP contribution in [0.25, 0.3) is 16.9 Å². The maximum atomic E-state index is 13.2. The highest BCUT2D eigenvalue weighted by atomic mass is 16.6. The fourth-order valence-electron chi connectivity index (χ4n) is 4.03. The first-order chi connectivity index (χ1) is 18.8. The van der Waals surface area contributed by atoms with Gasteiger partial charge in [0.15, 0.2) is 5.65 Å². The van der Waals surface area contributed by atoms with Crippen LogP contribution in [0.5, 0.6) is 0 Å². The van der Waals surface area contributed by atoms with E-state index in [9.17, 15) is 9.59 Å². The van der Waals surface area contributed by atoms with Gasteiger partial charge in [0, 0.05) is 42.3 Å². The molecule has 2 heterocycles. The van der Waals surface area contributed by atoms with Gasteiger partial charge in [0.25, 0.3) is 5.91 Å². The molecule has 10 nitrogen and oxygen atoms in total. The molecule has 2 aromatic heterocycles. The Kier molecular flexibility index (Phi) is 7.77. The molecule has 0 atom stereocenters. The van der Waals surface area contributed by atoms with E-state index in [-0.39, 0.29) is 11.6 Å². The number of amides is 2. The van der Waals surface area contributed by atoms with E-state index in [2.05, 4.69) is 26.7 Å². The zero-order valence-corrected chi connectivity index (χ0v) is 23.5. The van der Waals surface area contributed by atoms with Gasteiger partial charge in [0.2, 0.25) is 0 Å². The van der Waals surface area contributed by atoms with Crippen LogP contribution >= 0.6 is 0 Å². The zero-order chi connectivity index (χ0) is 29.1. The number of ether oxygens (including phenoxy) is 1. The first-order valence-corrected chi connectivity index (χ1v) is 12.8. The van der Waals surface area contributed by atoms with E-state index in [1.54, 1.807) is 49.9 Å². The summed E-state index contributed by atoms with van der Waals surface area (Å²) in [6.45, 7) is 9.83. The Morgan fingerprint density at radius 3 is 2.30 bits per heavy atom. The van der Waals surface area contributed by atoms with Crippen molar-refractivity contribution in [2.75, 3.05) is 23.8 Å². The molecule has 0 aliphatic heterocycles. The Labute approximate surface area is 233 Å². The molecule has 0 aliphatic carbocycles. The summed E-state index contributed by atoms with van der Waals surface area (Å²) in [4.78, 5) is 35.5. The Hall–Kier alpha value is -4.91. The third-order valence-corrected chi connectivity index (χ3v) is 6.04. The molecule has 40 heavy (non-hydrogen) atoms. The number of nitrogens with zero attached hydrogens (tertiary/aromatic N) is 5. The minimum absolute atomic E-state index is 0.260. The van der Waals surface area contributed by atoms with Gasteiger partial charge in [-0.15, -0.1) is 0 Å². The molecular weight excluding hydrogens is 506 g/mol. The molecule has 2 aromatic carbocycles. The number of hydrogen-bond donors (Lipinski definition) is 2. The molecule has 0 aliphatic rings. The van der Waals surface area contributed by atoms with Crippen molar-refractivity contribution in [1.29, 1.82) is 5.26 Å². The van der Waals surface area contributed by atoms with E-state index in [1.807, 2.05) is 63.3 Å². The van der Waals surface area contributed by atoms with E-state index in [4.69, 9.17) is 10.00 Å². The number of aromatic nitrogens is 3. The van der Waals surface area contributed by atoms with Crippen molar-refractivity contribution in [3.8, 4) is 17.3 Å². The van der Waals surface area contributed by atoms with Gasteiger partial charge in [-0.25, -0.2) is 14.8 Å². The van der Waals surface area contributed by atoms with Crippen LogP contribution in [0.15, 0.2) is 67.1 Å². The topological polar surface area (TPSA) is 125 Å². The number of nitrogens with one attached hydrogen (secondary N) is 2. The summed E-state index contributed by atoms with van der Waals surface area (Å²) in [5.74, 6) is -0.284. The monoisotopic (exact) mass is 539 g/mol. The average Bonchev–Trinajstić information content (AvgIpc) is 3.34. The Balaban J connectivity index is 1.48. The third-order valence-electron chi connectivity index (χ3n) is 6.04. The highest BCUT2D eigenvalue weighted by Gasteiger charge is 2.22. The zero-order valence-electron chi connectivity index (χ0n) is 23.5. The molecule has 4 aromatic rings. The quantitative estimate of drug-likeness (QED) is 0.328. The van der Waals surface area contributed by atoms with Crippen LogP contribution in [0, 0.1) is 11.3 Å². The molecule has 0 saturated heterocycles. The summed E-state index contributed by atoms with van der Waals surface area (Å²) in [7, 11) is 1.67. The minimum Gasteiger partial charge on any atom is -0.444 e. The van der Waals surface area contributed by atoms with Crippen LogP contribution in [0.4, 0.5) is 16.2 Å². The van der Waals surface area contributed by atoms with Crippen molar-refractivity contribution in [2.24, 2.45) is 0 Å². The molecule has 0 radical (unpaired) electrons. The summed E-state index contributed by atoms with van der Waals surface area (Å²) in [6.07, 6.45) is 4.53. The van der Waals surface area contributed by atoms with Crippen molar-refractivity contribution in [1.82, 2.24) is 19.7 Å². The first-order valence-electron chi connectivity index (χ1n) is 12.8. The van der Waals surface area contributed by atoms with Crippen LogP contribution < -0.4 is 15.5 Å². The van der Waals surface area contributed by atoms with Gasteiger partial charge in [-0.1, -0.05) is 12.1 Å². The standard InChI is InChI=1S/C30H33N7O3/c1-29(2,3)40-28(39)34-19-30(4,5)35-22-11-9-21(10-12-22)25-16-33-26-17-32-24(18-37(25)26)27(38)36(6)23-13-7-20(15-31)8-14-23/h7-14,16-18,35H,19H2,1-6H3,(H,34,39). The fourth-order valence-corrected chi connectivity index (χ4v) is 4.03. The van der Waals surface area contributed by atoms with Gasteiger partial charge < -0.3 is 20.3 Å². The molecule has 0 fully saturated rings. The molecule has 0 bridgehead atoms. The predicted molar refractivity (Wildman–Crippen MR) is 154 cm³/mol. The van der Waals surface area contributed by atoms with Gasteiger partial charge in [0.1, 0.15) is 11.3 Å². The van der Waals surface area contributed by atoms with Crippen molar-refractivity contribution in [3.63, 3.8) is 0 Å². The van der Waals surface area contributed by atoms with Crippen LogP contribution in [0.1, 0.15) is 50.7 Å². The highest BCUT2D eigenvalue weighted by molar-refractivity contribution is 6.04. The Bertz CT molecular complexity index is 1560. The van der Waals surface area contributed by atoms with E-state index in [1.165, 1.54) is 4.90 Å². The number of benzene rings is 2. The second kappa shape index (κ2) is 11.1. The summed E-state index contributed by atoms with van der Waals surface area (Å²) in [6, 6.07) is 16.7. The second-order valence-electron chi connectivity index (χ2n) is 11.1. The van der Waals surface area contributed by atoms with Gasteiger partial charge in [-0.3, -0.25) is 9.20 Å². The van der Waals surface area contributed by atoms with Crippen molar-refractivity contribution in [2.45, 2.75) is 45.8 Å². The van der Waals surface area contributed by atoms with Crippen molar-refractivity contribution < 1.29 is 14.3 Å². The lowest BCUT2D eigenvalue weighted by atomic mass is 10.0. The van der Waals surface area contributed by atoms with Crippen molar-refractivity contribution >= 4 is 29.0 Å². The number of fused-ring (bicyclic) bond motifs is 1. The lowest BCUT2D eigenvalue weighted by Gasteiger charge is -2.29. The summed E-state index contributed by atoms with van der Waals surface area (Å²) in [5.41, 5.74) is 3.68. The van der Waals surface area contributed by atoms with E-state index in [0.717, 1.165) is 16.9 Å². The summed E-state index contributed by atoms with van der Waals surface area (Å²) in [5, 5.41) is 15.3. The Morgan fingerprint density at radius 1 is 1.00 bits per heavy atom. The largest absolute Gasteiger partial charge is 0.444 e. The minimum atomic E-state index is -0.555. The number of imidazole rings is 1. The SMILES string of the molecule is CN(C(=O)c1cn2c(-c3ccc(NC(C)(C)CNC(=O)OC(C)(C)C)cc3)cnc2cn1)c1ccc(C#N)cc1. The van der Waals surface area contributed by atoms with E-state index in [0.29, 0.717) is 23.4 Å². The summed E-state index contributed by atoms with van der Waals surface area (Å²) >= 11 is 0. The van der Waals surface area contributed by atoms with Crippen LogP contribution in [0.2, 0.25) is 0 Å². The van der Waals surface area contributed by atoms with E-state index < -0.39 is 17.2 Å². The molecule has 10 heteroatoms. The average molecular weight is 540 g/mol. The molecule has 4 rings (SSSR count). The maximum Gasteiger partial charge on any atom is 0.407 e. The normalized spacial score (nSPS) is 11.5. The van der Waals surface area contributed by atoms with Gasteiger partial charge in [-0.05, 0) is 71.0 Å². The number of anilines is 2. The lowest BCUT2D eigenvalue weighted by Crippen LogP contribution is -2.45. The second-order valence-corrected chi connectivity index (χ2v) is 11.1. The number of hydrogen-bond acceptors (Lipinski definition) is 7. The molecule has 2 amide bonds. The van der Waals surface area contributed by atoms with Gasteiger partial charge >= 0.3 is 6.09 Å². The molecule has 0 saturated carbocycles. The smallest absolute Gasteiger partial charge is 0.407 e. The van der Waals surface area contributed by atoms with Crippen LogP contribution in [-0.4, -0.2) is 51.1 Å². The maximum absolute atomic E-state index is 13.2. The van der Waals surface area contributed by atoms with E-state index >= 15 is 0 Å². The molecule has 206 valence electrons. The van der Waals surface area contributed by atoms with Gasteiger partial charge in [-0.2, -0.15) is 5.26 Å². The predicted octanol–water partition coefficient (Wildman–Crippen LogP) is 5.26. The number of carbonyl (C=O) groups is 2. The molecule has 0 unspecified atom stereocenters. The van der Waals surface area contributed by atoms with Crippen LogP contribution in [0.3, 0.4) is 0 Å². The number of alkyl carbamates (subject to hydrolysis) is 1. The van der Waals surface area contributed by atoms with Crippen LogP contribution in [-0.2, 0) is 4.74 Å². The van der Waals surface area contributed by atoms with Gasteiger partial charge in [0.05, 0.1) is 29.7 Å². The lowest BCUT2D eigenvalue weighted by molar-refractivity contribution is 0.0519. The Morgan fingerprint density at radius 2 is 1.68 bits per heavy atom. The fraction of sp³-hybridized carbons (Fsp3) is 0.300. The molecule has 2 N–H and O–H groups in total. The molecular formula is C30H33N7O3. The number of carbonyl (C=O) groups excluding carboxylic acids is 2. The number of rotatable bonds is 7. The molecule has 0 spiro atoms. The van der Waals surface area contributed by atoms with Crippen molar-refractivity contribution in [3.05, 3.63) is 78.4 Å². The summed E-state index contributed by atoms with van der Waals surface area (Å²) < 4.78 is 7.16. The first kappa shape index (κ1) is 28.1. The number of nitriles is 1. The highest BCUT2D eigenvalue weighted by Crippen LogP contribution is 2.25.